The van der Waals surface area contributed by atoms with Gasteiger partial charge in [-0.05, 0) is 44.2 Å². The van der Waals surface area contributed by atoms with Crippen LogP contribution in [0, 0.1) is 26.6 Å². The Morgan fingerprint density at radius 1 is 1.25 bits per heavy atom. The smallest absolute Gasteiger partial charge is 0.338 e. The van der Waals surface area contributed by atoms with E-state index in [2.05, 4.69) is 15.0 Å². The van der Waals surface area contributed by atoms with Crippen molar-refractivity contribution in [2.24, 2.45) is 0 Å². The second kappa shape index (κ2) is 5.54. The van der Waals surface area contributed by atoms with Gasteiger partial charge in [-0.1, -0.05) is 0 Å². The predicted octanol–water partition coefficient (Wildman–Crippen LogP) is 2.79. The number of halogens is 1. The maximum absolute atomic E-state index is 14.0. The highest BCUT2D eigenvalue weighted by atomic mass is 32.2. The van der Waals surface area contributed by atoms with Crippen LogP contribution in [0.2, 0.25) is 0 Å². The lowest BCUT2D eigenvalue weighted by atomic mass is 10.2. The van der Waals surface area contributed by atoms with E-state index in [9.17, 15) is 9.18 Å². The summed E-state index contributed by atoms with van der Waals surface area (Å²) in [7, 11) is 0. The van der Waals surface area contributed by atoms with Crippen LogP contribution in [0.1, 0.15) is 27.3 Å². The van der Waals surface area contributed by atoms with Gasteiger partial charge in [0.15, 0.2) is 11.0 Å². The Labute approximate surface area is 119 Å². The quantitative estimate of drug-likeness (QED) is 0.877. The third kappa shape index (κ3) is 2.77. The van der Waals surface area contributed by atoms with Crippen LogP contribution in [0.15, 0.2) is 22.4 Å². The number of hydrogen-bond acceptors (Lipinski definition) is 5. The van der Waals surface area contributed by atoms with Crippen LogP contribution in [0.25, 0.3) is 0 Å². The Hall–Kier alpha value is -2.02. The van der Waals surface area contributed by atoms with Crippen molar-refractivity contribution < 1.29 is 14.3 Å². The van der Waals surface area contributed by atoms with Crippen LogP contribution < -0.4 is 0 Å². The number of rotatable bonds is 3. The average Bonchev–Trinajstić information content (AvgIpc) is 2.38. The number of aromatic carboxylic acids is 1. The zero-order chi connectivity index (χ0) is 14.9. The molecule has 0 atom stereocenters. The Morgan fingerprint density at radius 3 is 2.40 bits per heavy atom. The third-order valence-electron chi connectivity index (χ3n) is 2.89. The van der Waals surface area contributed by atoms with Crippen LogP contribution in [-0.4, -0.2) is 26.0 Å². The Bertz CT molecular complexity index is 668. The van der Waals surface area contributed by atoms with Gasteiger partial charge in [0.1, 0.15) is 5.03 Å². The monoisotopic (exact) mass is 293 g/mol. The topological polar surface area (TPSA) is 76.0 Å². The molecule has 0 unspecified atom stereocenters. The number of nitrogens with zero attached hydrogens (tertiary/aromatic N) is 3. The van der Waals surface area contributed by atoms with E-state index in [1.54, 1.807) is 0 Å². The fourth-order valence-corrected chi connectivity index (χ4v) is 2.39. The van der Waals surface area contributed by atoms with Gasteiger partial charge in [-0.2, -0.15) is 0 Å². The number of carboxylic acid groups (broad SMARTS) is 1. The molecular weight excluding hydrogens is 281 g/mol. The van der Waals surface area contributed by atoms with E-state index in [4.69, 9.17) is 5.11 Å². The lowest BCUT2D eigenvalue weighted by Crippen LogP contribution is -2.04. The number of carboxylic acids is 1. The molecule has 0 aliphatic rings. The van der Waals surface area contributed by atoms with Gasteiger partial charge in [0, 0.05) is 17.6 Å². The molecule has 0 saturated heterocycles. The molecule has 0 bridgehead atoms. The summed E-state index contributed by atoms with van der Waals surface area (Å²) in [5.41, 5.74) is 2.16. The molecule has 5 nitrogen and oxygen atoms in total. The van der Waals surface area contributed by atoms with E-state index in [0.717, 1.165) is 34.8 Å². The van der Waals surface area contributed by atoms with Gasteiger partial charge >= 0.3 is 5.97 Å². The SMILES string of the molecule is Cc1nc(Sc2nccc(C(=O)O)c2F)nc(C)c1C. The van der Waals surface area contributed by atoms with E-state index in [1.165, 1.54) is 6.20 Å². The maximum atomic E-state index is 14.0. The molecule has 2 heterocycles. The van der Waals surface area contributed by atoms with Crippen LogP contribution in [0.4, 0.5) is 4.39 Å². The lowest BCUT2D eigenvalue weighted by molar-refractivity contribution is 0.0691. The van der Waals surface area contributed by atoms with Crippen LogP contribution in [0.5, 0.6) is 0 Å². The van der Waals surface area contributed by atoms with E-state index < -0.39 is 17.3 Å². The molecule has 0 spiro atoms. The Balaban J connectivity index is 2.40. The van der Waals surface area contributed by atoms with Crippen molar-refractivity contribution in [1.82, 2.24) is 15.0 Å². The maximum Gasteiger partial charge on any atom is 0.338 e. The Morgan fingerprint density at radius 2 is 1.85 bits per heavy atom. The number of hydrogen-bond donors (Lipinski definition) is 1. The summed E-state index contributed by atoms with van der Waals surface area (Å²) in [4.78, 5) is 23.2. The van der Waals surface area contributed by atoms with E-state index in [-0.39, 0.29) is 5.03 Å². The minimum Gasteiger partial charge on any atom is -0.478 e. The highest BCUT2D eigenvalue weighted by molar-refractivity contribution is 7.99. The van der Waals surface area contributed by atoms with Crippen LogP contribution >= 0.6 is 11.8 Å². The molecule has 0 aromatic carbocycles. The summed E-state index contributed by atoms with van der Waals surface area (Å²) >= 11 is 0.911. The zero-order valence-corrected chi connectivity index (χ0v) is 12.0. The molecule has 2 aromatic rings. The minimum absolute atomic E-state index is 0.0486. The molecule has 20 heavy (non-hydrogen) atoms. The number of aryl methyl sites for hydroxylation is 2. The second-order valence-electron chi connectivity index (χ2n) is 4.19. The fraction of sp³-hybridized carbons (Fsp3) is 0.231. The standard InChI is InChI=1S/C13H12FN3O2S/c1-6-7(2)16-13(17-8(6)3)20-11-10(14)9(12(18)19)4-5-15-11/h4-5H,1-3H3,(H,18,19). The van der Waals surface area contributed by atoms with Crippen molar-refractivity contribution in [2.45, 2.75) is 31.0 Å². The van der Waals surface area contributed by atoms with E-state index in [1.807, 2.05) is 20.8 Å². The van der Waals surface area contributed by atoms with Gasteiger partial charge < -0.3 is 5.11 Å². The molecule has 1 N–H and O–H groups in total. The lowest BCUT2D eigenvalue weighted by Gasteiger charge is -2.07. The highest BCUT2D eigenvalue weighted by Crippen LogP contribution is 2.27. The highest BCUT2D eigenvalue weighted by Gasteiger charge is 2.17. The minimum atomic E-state index is -1.33. The molecule has 0 saturated carbocycles. The summed E-state index contributed by atoms with van der Waals surface area (Å²) in [6.07, 6.45) is 1.25. The molecule has 0 radical (unpaired) electrons. The van der Waals surface area contributed by atoms with Gasteiger partial charge in [-0.3, -0.25) is 0 Å². The molecule has 2 aromatic heterocycles. The van der Waals surface area contributed by atoms with Gasteiger partial charge in [0.2, 0.25) is 0 Å². The molecule has 2 rings (SSSR count). The fourth-order valence-electron chi connectivity index (χ4n) is 1.53. The summed E-state index contributed by atoms with van der Waals surface area (Å²) in [5.74, 6) is -2.20. The normalized spacial score (nSPS) is 10.6. The molecule has 104 valence electrons. The van der Waals surface area contributed by atoms with Gasteiger partial charge in [-0.25, -0.2) is 24.1 Å². The second-order valence-corrected chi connectivity index (χ2v) is 5.14. The number of carbonyl (C=O) groups is 1. The van der Waals surface area contributed by atoms with Crippen molar-refractivity contribution in [2.75, 3.05) is 0 Å². The summed E-state index contributed by atoms with van der Waals surface area (Å²) < 4.78 is 14.0. The molecule has 0 aliphatic carbocycles. The van der Waals surface area contributed by atoms with Gasteiger partial charge in [0.25, 0.3) is 0 Å². The van der Waals surface area contributed by atoms with E-state index >= 15 is 0 Å². The van der Waals surface area contributed by atoms with Gasteiger partial charge in [-0.15, -0.1) is 0 Å². The van der Waals surface area contributed by atoms with Crippen molar-refractivity contribution in [1.29, 1.82) is 0 Å². The molecule has 0 fully saturated rings. The van der Waals surface area contributed by atoms with Crippen LogP contribution in [0.3, 0.4) is 0 Å². The third-order valence-corrected chi connectivity index (χ3v) is 3.73. The summed E-state index contributed by atoms with van der Waals surface area (Å²) in [6.45, 7) is 5.58. The van der Waals surface area contributed by atoms with Crippen molar-refractivity contribution in [3.05, 3.63) is 40.6 Å². The van der Waals surface area contributed by atoms with Crippen LogP contribution in [-0.2, 0) is 0 Å². The Kier molecular flexibility index (Phi) is 3.99. The molecular formula is C13H12FN3O2S. The van der Waals surface area contributed by atoms with Crippen molar-refractivity contribution in [3.63, 3.8) is 0 Å². The molecule has 0 amide bonds. The first-order valence-electron chi connectivity index (χ1n) is 5.77. The van der Waals surface area contributed by atoms with Crippen molar-refractivity contribution in [3.8, 4) is 0 Å². The summed E-state index contributed by atoms with van der Waals surface area (Å²) in [6, 6.07) is 1.12. The number of aromatic nitrogens is 3. The largest absolute Gasteiger partial charge is 0.478 e. The van der Waals surface area contributed by atoms with Crippen molar-refractivity contribution >= 4 is 17.7 Å². The van der Waals surface area contributed by atoms with Gasteiger partial charge in [0.05, 0.1) is 5.56 Å². The molecule has 7 heteroatoms. The first-order valence-corrected chi connectivity index (χ1v) is 6.59. The average molecular weight is 293 g/mol. The first kappa shape index (κ1) is 14.4. The first-order chi connectivity index (χ1) is 9.40. The van der Waals surface area contributed by atoms with E-state index in [0.29, 0.717) is 5.16 Å². The molecule has 0 aliphatic heterocycles. The summed E-state index contributed by atoms with van der Waals surface area (Å²) in [5, 5.41) is 9.17. The number of pyridine rings is 1. The predicted molar refractivity (Wildman–Crippen MR) is 71.5 cm³/mol. The zero-order valence-electron chi connectivity index (χ0n) is 11.1.